The molecule has 0 fully saturated rings. The Labute approximate surface area is 148 Å². The van der Waals surface area contributed by atoms with Gasteiger partial charge in [-0.05, 0) is 47.0 Å². The Morgan fingerprint density at radius 1 is 1.38 bits per heavy atom. The second-order valence-corrected chi connectivity index (χ2v) is 8.67. The highest BCUT2D eigenvalue weighted by Crippen LogP contribution is 2.37. The van der Waals surface area contributed by atoms with E-state index in [0.717, 1.165) is 19.3 Å². The van der Waals surface area contributed by atoms with Crippen LogP contribution in [0.25, 0.3) is 0 Å². The average Bonchev–Trinajstić information content (AvgIpc) is 2.88. The lowest BCUT2D eigenvalue weighted by Crippen LogP contribution is -2.31. The highest BCUT2D eigenvalue weighted by molar-refractivity contribution is 8.05. The van der Waals surface area contributed by atoms with Crippen molar-refractivity contribution in [2.75, 3.05) is 0 Å². The lowest BCUT2D eigenvalue weighted by molar-refractivity contribution is -0.131. The van der Waals surface area contributed by atoms with E-state index in [9.17, 15) is 14.7 Å². The van der Waals surface area contributed by atoms with Crippen molar-refractivity contribution < 1.29 is 14.7 Å². The van der Waals surface area contributed by atoms with Gasteiger partial charge in [-0.1, -0.05) is 35.3 Å². The summed E-state index contributed by atoms with van der Waals surface area (Å²) in [6, 6.07) is 0. The minimum atomic E-state index is -0.991. The number of carboxylic acid groups (broad SMARTS) is 1. The molecule has 0 aromatic carbocycles. The fourth-order valence-corrected chi connectivity index (χ4v) is 3.68. The van der Waals surface area contributed by atoms with E-state index >= 15 is 0 Å². The molecule has 1 amide bonds. The molecule has 5 heteroatoms. The van der Waals surface area contributed by atoms with Crippen molar-refractivity contribution in [2.45, 2.75) is 58.6 Å². The van der Waals surface area contributed by atoms with Gasteiger partial charge in [0.1, 0.15) is 4.91 Å². The van der Waals surface area contributed by atoms with Crippen LogP contribution in [-0.2, 0) is 9.59 Å². The smallest absolute Gasteiger partial charge is 0.344 e. The van der Waals surface area contributed by atoms with E-state index in [0.29, 0.717) is 12.1 Å². The van der Waals surface area contributed by atoms with E-state index in [1.165, 1.54) is 17.3 Å². The summed E-state index contributed by atoms with van der Waals surface area (Å²) >= 11 is 1.24. The first-order valence-electron chi connectivity index (χ1n) is 8.28. The molecule has 2 atom stereocenters. The zero-order valence-corrected chi connectivity index (χ0v) is 15.5. The van der Waals surface area contributed by atoms with Crippen LogP contribution in [-0.4, -0.2) is 22.2 Å². The van der Waals surface area contributed by atoms with Crippen LogP contribution in [0.1, 0.15) is 53.4 Å². The minimum Gasteiger partial charge on any atom is -0.477 e. The number of carbonyl (C=O) groups excluding carboxylic acids is 1. The summed E-state index contributed by atoms with van der Waals surface area (Å²) in [6.45, 7) is 8.14. The SMILES string of the molecule is CC1=CCC(C(=O)NC2=C(C(=O)O)SC(C#CC(C)(C)C)C2)CC1. The molecule has 1 aliphatic carbocycles. The number of amides is 1. The fourth-order valence-electron chi connectivity index (χ4n) is 2.65. The standard InChI is InChI=1S/C19H25NO3S/c1-12-5-7-13(8-6-12)17(21)20-15-11-14(9-10-19(2,3)4)24-16(15)18(22)23/h5,13-14H,6-8,11H2,1-4H3,(H,20,21)(H,22,23). The van der Waals surface area contributed by atoms with Gasteiger partial charge in [0, 0.05) is 23.5 Å². The van der Waals surface area contributed by atoms with Gasteiger partial charge in [-0.3, -0.25) is 4.79 Å². The van der Waals surface area contributed by atoms with Crippen LogP contribution in [0.15, 0.2) is 22.3 Å². The molecule has 1 aliphatic heterocycles. The highest BCUT2D eigenvalue weighted by atomic mass is 32.2. The zero-order valence-electron chi connectivity index (χ0n) is 14.7. The Kier molecular flexibility index (Phi) is 5.82. The number of nitrogens with one attached hydrogen (secondary N) is 1. The van der Waals surface area contributed by atoms with Gasteiger partial charge in [-0.2, -0.15) is 0 Å². The lowest BCUT2D eigenvalue weighted by Gasteiger charge is -2.20. The molecule has 0 radical (unpaired) electrons. The van der Waals surface area contributed by atoms with Gasteiger partial charge in [-0.15, -0.1) is 0 Å². The molecular weight excluding hydrogens is 322 g/mol. The van der Waals surface area contributed by atoms with Crippen molar-refractivity contribution in [3.8, 4) is 11.8 Å². The summed E-state index contributed by atoms with van der Waals surface area (Å²) in [4.78, 5) is 24.1. The van der Waals surface area contributed by atoms with Gasteiger partial charge >= 0.3 is 5.97 Å². The van der Waals surface area contributed by atoms with Crippen molar-refractivity contribution in [2.24, 2.45) is 11.3 Å². The maximum atomic E-state index is 12.4. The van der Waals surface area contributed by atoms with Gasteiger partial charge in [0.05, 0.1) is 5.25 Å². The van der Waals surface area contributed by atoms with Crippen LogP contribution in [0.5, 0.6) is 0 Å². The maximum absolute atomic E-state index is 12.4. The number of thioether (sulfide) groups is 1. The second kappa shape index (κ2) is 7.48. The van der Waals surface area contributed by atoms with Crippen molar-refractivity contribution >= 4 is 23.6 Å². The van der Waals surface area contributed by atoms with Crippen LogP contribution in [0.2, 0.25) is 0 Å². The number of carboxylic acids is 1. The molecule has 0 aromatic rings. The minimum absolute atomic E-state index is 0.0686. The largest absolute Gasteiger partial charge is 0.477 e. The Morgan fingerprint density at radius 3 is 2.62 bits per heavy atom. The first-order valence-corrected chi connectivity index (χ1v) is 9.16. The summed E-state index contributed by atoms with van der Waals surface area (Å²) in [7, 11) is 0. The van der Waals surface area contributed by atoms with Crippen LogP contribution in [0.3, 0.4) is 0 Å². The number of allylic oxidation sites excluding steroid dienone is 3. The number of hydrogen-bond donors (Lipinski definition) is 2. The van der Waals surface area contributed by atoms with E-state index in [2.05, 4.69) is 30.2 Å². The molecule has 0 spiro atoms. The van der Waals surface area contributed by atoms with E-state index in [-0.39, 0.29) is 27.4 Å². The van der Waals surface area contributed by atoms with Gasteiger partial charge in [0.15, 0.2) is 0 Å². The summed E-state index contributed by atoms with van der Waals surface area (Å²) < 4.78 is 0. The normalized spacial score (nSPS) is 24.1. The molecule has 2 aliphatic rings. The second-order valence-electron chi connectivity index (χ2n) is 7.45. The monoisotopic (exact) mass is 347 g/mol. The molecule has 2 rings (SSSR count). The molecular formula is C19H25NO3S. The van der Waals surface area contributed by atoms with Gasteiger partial charge in [-0.25, -0.2) is 4.79 Å². The van der Waals surface area contributed by atoms with Crippen LogP contribution in [0, 0.1) is 23.2 Å². The number of aliphatic carboxylic acids is 1. The molecule has 24 heavy (non-hydrogen) atoms. The van der Waals surface area contributed by atoms with Crippen LogP contribution in [0.4, 0.5) is 0 Å². The van der Waals surface area contributed by atoms with E-state index in [4.69, 9.17) is 0 Å². The summed E-state index contributed by atoms with van der Waals surface area (Å²) in [5.74, 6) is 5.17. The summed E-state index contributed by atoms with van der Waals surface area (Å²) in [5.41, 5.74) is 1.71. The van der Waals surface area contributed by atoms with Crippen LogP contribution < -0.4 is 5.32 Å². The number of carbonyl (C=O) groups is 2. The van der Waals surface area contributed by atoms with Crippen molar-refractivity contribution in [1.82, 2.24) is 5.32 Å². The van der Waals surface area contributed by atoms with Crippen molar-refractivity contribution in [1.29, 1.82) is 0 Å². The third kappa shape index (κ3) is 5.17. The average molecular weight is 347 g/mol. The summed E-state index contributed by atoms with van der Waals surface area (Å²) in [6.07, 6.45) is 5.05. The van der Waals surface area contributed by atoms with Gasteiger partial charge in [0.25, 0.3) is 0 Å². The van der Waals surface area contributed by atoms with E-state index in [1.807, 2.05) is 20.8 Å². The predicted molar refractivity (Wildman–Crippen MR) is 97.1 cm³/mol. The van der Waals surface area contributed by atoms with Gasteiger partial charge in [0.2, 0.25) is 5.91 Å². The lowest BCUT2D eigenvalue weighted by atomic mass is 9.89. The third-order valence-corrected chi connectivity index (χ3v) is 5.23. The predicted octanol–water partition coefficient (Wildman–Crippen LogP) is 3.70. The number of hydrogen-bond acceptors (Lipinski definition) is 3. The molecule has 2 unspecified atom stereocenters. The molecule has 2 N–H and O–H groups in total. The first kappa shape index (κ1) is 18.7. The Hall–Kier alpha value is -1.67. The topological polar surface area (TPSA) is 66.4 Å². The molecule has 0 saturated heterocycles. The Morgan fingerprint density at radius 2 is 2.08 bits per heavy atom. The van der Waals surface area contributed by atoms with E-state index < -0.39 is 5.97 Å². The van der Waals surface area contributed by atoms with Gasteiger partial charge < -0.3 is 10.4 Å². The molecule has 0 aromatic heterocycles. The van der Waals surface area contributed by atoms with Crippen LogP contribution >= 0.6 is 11.8 Å². The van der Waals surface area contributed by atoms with E-state index in [1.54, 1.807) is 0 Å². The molecule has 1 heterocycles. The molecule has 4 nitrogen and oxygen atoms in total. The number of rotatable bonds is 3. The molecule has 0 bridgehead atoms. The van der Waals surface area contributed by atoms with Crippen molar-refractivity contribution in [3.05, 3.63) is 22.3 Å². The Balaban J connectivity index is 2.06. The highest BCUT2D eigenvalue weighted by Gasteiger charge is 2.31. The Bertz CT molecular complexity index is 658. The maximum Gasteiger partial charge on any atom is 0.344 e. The molecule has 130 valence electrons. The third-order valence-electron chi connectivity index (χ3n) is 4.01. The first-order chi connectivity index (χ1) is 11.2. The quantitative estimate of drug-likeness (QED) is 0.603. The molecule has 0 saturated carbocycles. The zero-order chi connectivity index (χ0) is 17.9. The van der Waals surface area contributed by atoms with Crippen molar-refractivity contribution in [3.63, 3.8) is 0 Å². The fraction of sp³-hybridized carbons (Fsp3) is 0.579. The summed E-state index contributed by atoms with van der Waals surface area (Å²) in [5, 5.41) is 12.2.